The number of nitrogens with one attached hydrogen (secondary N) is 1. The number of allylic oxidation sites excluding steroid dienone is 5. The van der Waals surface area contributed by atoms with Gasteiger partial charge in [-0.25, -0.2) is 23.7 Å². The fraction of sp³-hybridized carbons (Fsp3) is 0.189. The molecule has 47 heavy (non-hydrogen) atoms. The summed E-state index contributed by atoms with van der Waals surface area (Å²) in [5.74, 6) is -1.08. The largest absolute Gasteiger partial charge is 0.367 e. The summed E-state index contributed by atoms with van der Waals surface area (Å²) in [4.78, 5) is 31.2. The van der Waals surface area contributed by atoms with Crippen LogP contribution in [-0.4, -0.2) is 51.6 Å². The normalized spacial score (nSPS) is 18.6. The van der Waals surface area contributed by atoms with Crippen LogP contribution in [0.5, 0.6) is 0 Å². The van der Waals surface area contributed by atoms with E-state index in [1.807, 2.05) is 41.3 Å². The predicted molar refractivity (Wildman–Crippen MR) is 183 cm³/mol. The van der Waals surface area contributed by atoms with Gasteiger partial charge in [0.25, 0.3) is 5.91 Å². The fourth-order valence-corrected chi connectivity index (χ4v) is 6.53. The molecule has 10 heteroatoms. The molecule has 0 bridgehead atoms. The average Bonchev–Trinajstić information content (AvgIpc) is 3.41. The molecule has 1 unspecified atom stereocenters. The van der Waals surface area contributed by atoms with Crippen LogP contribution in [0, 0.1) is 11.6 Å². The maximum absolute atomic E-state index is 14.9. The Balaban J connectivity index is 1.08. The van der Waals surface area contributed by atoms with Crippen LogP contribution in [0.3, 0.4) is 0 Å². The number of benzene rings is 3. The smallest absolute Gasteiger partial charge is 0.253 e. The van der Waals surface area contributed by atoms with Gasteiger partial charge in [-0.05, 0) is 85.5 Å². The predicted octanol–water partition coefficient (Wildman–Crippen LogP) is 7.80. The minimum Gasteiger partial charge on any atom is -0.367 e. The molecule has 1 aliphatic carbocycles. The Hall–Kier alpha value is -5.15. The summed E-state index contributed by atoms with van der Waals surface area (Å²) in [6.07, 6.45) is 7.96. The van der Waals surface area contributed by atoms with E-state index in [-0.39, 0.29) is 22.2 Å². The average molecular weight is 649 g/mol. The Kier molecular flexibility index (Phi) is 7.93. The van der Waals surface area contributed by atoms with Crippen LogP contribution in [-0.2, 0) is 6.42 Å². The second-order valence-corrected chi connectivity index (χ2v) is 12.5. The number of hydrogen-bond acceptors (Lipinski definition) is 6. The number of amides is 1. The number of aliphatic imine (C=N–C) groups is 1. The third kappa shape index (κ3) is 5.83. The van der Waals surface area contributed by atoms with E-state index in [1.54, 1.807) is 24.5 Å². The number of halogens is 3. The molecule has 0 spiro atoms. The van der Waals surface area contributed by atoms with Gasteiger partial charge in [0.2, 0.25) is 5.95 Å². The van der Waals surface area contributed by atoms with E-state index in [2.05, 4.69) is 46.3 Å². The lowest BCUT2D eigenvalue weighted by molar-refractivity contribution is 0.0785. The first-order valence-corrected chi connectivity index (χ1v) is 15.7. The molecule has 1 N–H and O–H groups in total. The monoisotopic (exact) mass is 648 g/mol. The molecule has 1 atom stereocenters. The number of carbonyl (C=O) groups excluding carboxylic acids is 1. The maximum Gasteiger partial charge on any atom is 0.253 e. The second-order valence-electron chi connectivity index (χ2n) is 12.1. The number of anilines is 3. The molecule has 236 valence electrons. The van der Waals surface area contributed by atoms with Crippen LogP contribution >= 0.6 is 11.6 Å². The Morgan fingerprint density at radius 3 is 2.47 bits per heavy atom. The van der Waals surface area contributed by atoms with Crippen molar-refractivity contribution in [2.24, 2.45) is 4.99 Å². The zero-order valence-corrected chi connectivity index (χ0v) is 26.6. The van der Waals surface area contributed by atoms with Gasteiger partial charge >= 0.3 is 0 Å². The van der Waals surface area contributed by atoms with Gasteiger partial charge in [0, 0.05) is 60.6 Å². The lowest BCUT2D eigenvalue weighted by Crippen LogP contribution is -2.47. The van der Waals surface area contributed by atoms with E-state index in [0.717, 1.165) is 17.7 Å². The molecule has 4 aromatic rings. The van der Waals surface area contributed by atoms with E-state index in [0.29, 0.717) is 59.1 Å². The molecule has 0 saturated carbocycles. The molecule has 0 radical (unpaired) electrons. The molecule has 3 aromatic carbocycles. The van der Waals surface area contributed by atoms with Gasteiger partial charge in [0.15, 0.2) is 0 Å². The summed E-state index contributed by atoms with van der Waals surface area (Å²) in [5.41, 5.74) is 4.97. The number of likely N-dealkylation sites (N-methyl/N-ethyl adjacent to an activating group) is 1. The highest BCUT2D eigenvalue weighted by molar-refractivity contribution is 6.69. The van der Waals surface area contributed by atoms with E-state index in [9.17, 15) is 13.6 Å². The summed E-state index contributed by atoms with van der Waals surface area (Å²) in [5, 5.41) is 3.31. The Morgan fingerprint density at radius 2 is 1.72 bits per heavy atom. The van der Waals surface area contributed by atoms with Crippen molar-refractivity contribution in [1.82, 2.24) is 14.9 Å². The lowest BCUT2D eigenvalue weighted by atomic mass is 9.84. The van der Waals surface area contributed by atoms with Crippen LogP contribution in [0.2, 0.25) is 0 Å². The summed E-state index contributed by atoms with van der Waals surface area (Å²) in [6, 6.07) is 21.2. The van der Waals surface area contributed by atoms with E-state index >= 15 is 0 Å². The standard InChI is InChI=1S/C37H31ClF2N6O/c1-37(45(2)26-7-4-3-5-8-26)17-18-46(22-37)35(47)23-11-14-25(15-12-23)43-36-42-20-24-13-16-27-28(33-30(39)9-6-10-31(33)40)19-32(38)41-21-29(27)34(24)44-36/h3-12,14-16,19-21H,13,17-18,22H2,1-2H3,(H,42,43,44). The first-order chi connectivity index (χ1) is 22.7. The van der Waals surface area contributed by atoms with Gasteiger partial charge in [0.05, 0.1) is 16.8 Å². The van der Waals surface area contributed by atoms with Crippen molar-refractivity contribution >= 4 is 51.1 Å². The van der Waals surface area contributed by atoms with Gasteiger partial charge in [-0.2, -0.15) is 0 Å². The zero-order chi connectivity index (χ0) is 32.7. The number of para-hydroxylation sites is 1. The van der Waals surface area contributed by atoms with Crippen molar-refractivity contribution in [3.63, 3.8) is 0 Å². The topological polar surface area (TPSA) is 73.7 Å². The lowest BCUT2D eigenvalue weighted by Gasteiger charge is -2.37. The zero-order valence-electron chi connectivity index (χ0n) is 25.8. The number of nitrogens with zero attached hydrogens (tertiary/aromatic N) is 5. The number of likely N-dealkylation sites (tertiary alicyclic amines) is 1. The molecular weight excluding hydrogens is 618 g/mol. The van der Waals surface area contributed by atoms with Crippen molar-refractivity contribution in [1.29, 1.82) is 0 Å². The molecule has 1 amide bonds. The molecule has 7 nitrogen and oxygen atoms in total. The number of carbonyl (C=O) groups is 1. The molecular formula is C37H31ClF2N6O. The number of rotatable bonds is 6. The van der Waals surface area contributed by atoms with E-state index in [1.165, 1.54) is 24.3 Å². The molecule has 2 aliphatic heterocycles. The Morgan fingerprint density at radius 1 is 0.979 bits per heavy atom. The first kappa shape index (κ1) is 30.5. The van der Waals surface area contributed by atoms with Crippen LogP contribution in [0.25, 0.3) is 11.1 Å². The van der Waals surface area contributed by atoms with Crippen LogP contribution in [0.15, 0.2) is 108 Å². The third-order valence-electron chi connectivity index (χ3n) is 9.12. The highest BCUT2D eigenvalue weighted by Gasteiger charge is 2.39. The number of hydrogen-bond donors (Lipinski definition) is 1. The molecule has 3 aliphatic rings. The van der Waals surface area contributed by atoms with Crippen molar-refractivity contribution in [3.8, 4) is 0 Å². The minimum absolute atomic E-state index is 0.0132. The third-order valence-corrected chi connectivity index (χ3v) is 9.33. The summed E-state index contributed by atoms with van der Waals surface area (Å²) in [7, 11) is 2.08. The molecule has 1 aromatic heterocycles. The molecule has 3 heterocycles. The second kappa shape index (κ2) is 12.2. The summed E-state index contributed by atoms with van der Waals surface area (Å²) in [6.45, 7) is 3.50. The number of fused-ring (bicyclic) bond motifs is 3. The van der Waals surface area contributed by atoms with Crippen LogP contribution in [0.1, 0.15) is 40.5 Å². The first-order valence-electron chi connectivity index (χ1n) is 15.3. The molecule has 1 saturated heterocycles. The van der Waals surface area contributed by atoms with Crippen LogP contribution < -0.4 is 10.2 Å². The van der Waals surface area contributed by atoms with Crippen molar-refractivity contribution in [2.75, 3.05) is 30.4 Å². The van der Waals surface area contributed by atoms with Crippen LogP contribution in [0.4, 0.5) is 26.1 Å². The van der Waals surface area contributed by atoms with Gasteiger partial charge in [0.1, 0.15) is 16.8 Å². The Bertz CT molecular complexity index is 1990. The summed E-state index contributed by atoms with van der Waals surface area (Å²) >= 11 is 6.31. The minimum atomic E-state index is -0.695. The summed E-state index contributed by atoms with van der Waals surface area (Å²) < 4.78 is 29.8. The van der Waals surface area contributed by atoms with Gasteiger partial charge in [-0.1, -0.05) is 41.9 Å². The van der Waals surface area contributed by atoms with Crippen molar-refractivity contribution in [3.05, 3.63) is 137 Å². The molecule has 1 fully saturated rings. The highest BCUT2D eigenvalue weighted by atomic mass is 35.5. The number of aromatic nitrogens is 2. The van der Waals surface area contributed by atoms with Gasteiger partial charge in [-0.3, -0.25) is 4.79 Å². The fourth-order valence-electron chi connectivity index (χ4n) is 6.37. The SMILES string of the molecule is CN(c1ccccc1)C1(C)CCN(C(=O)c2ccc(Nc3ncc4c(n3)C3=CN=C(Cl)C=C(c5c(F)cccc5F)C3=CC4)cc2)C1. The Labute approximate surface area is 276 Å². The quantitative estimate of drug-likeness (QED) is 0.231. The van der Waals surface area contributed by atoms with E-state index in [4.69, 9.17) is 16.6 Å². The van der Waals surface area contributed by atoms with Crippen molar-refractivity contribution in [2.45, 2.75) is 25.3 Å². The van der Waals surface area contributed by atoms with E-state index < -0.39 is 11.6 Å². The molecule has 7 rings (SSSR count). The van der Waals surface area contributed by atoms with Gasteiger partial charge < -0.3 is 15.1 Å². The highest BCUT2D eigenvalue weighted by Crippen LogP contribution is 2.41. The van der Waals surface area contributed by atoms with Crippen molar-refractivity contribution < 1.29 is 13.6 Å². The van der Waals surface area contributed by atoms with Gasteiger partial charge in [-0.15, -0.1) is 0 Å². The maximum atomic E-state index is 14.9.